The van der Waals surface area contributed by atoms with Gasteiger partial charge in [0.05, 0.1) is 5.75 Å². The molecule has 0 bridgehead atoms. The lowest BCUT2D eigenvalue weighted by Gasteiger charge is -2.09. The number of thiol groups is 1. The van der Waals surface area contributed by atoms with E-state index in [2.05, 4.69) is 17.9 Å². The maximum Gasteiger partial charge on any atom is 0.229 e. The van der Waals surface area contributed by atoms with Crippen molar-refractivity contribution in [1.82, 2.24) is 10.2 Å². The second kappa shape index (κ2) is 18.5. The molecule has 90 valence electrons. The number of carbonyl (C=O) groups is 1. The monoisotopic (exact) mass is 224 g/mol. The largest absolute Gasteiger partial charge is 0.354 e. The molecule has 0 unspecified atom stereocenters. The van der Waals surface area contributed by atoms with Crippen molar-refractivity contribution in [3.05, 3.63) is 0 Å². The highest BCUT2D eigenvalue weighted by Crippen LogP contribution is 1.74. The smallest absolute Gasteiger partial charge is 0.229 e. The third kappa shape index (κ3) is 22.6. The molecule has 4 heteroatoms. The van der Waals surface area contributed by atoms with E-state index in [4.69, 9.17) is 0 Å². The van der Waals surface area contributed by atoms with Crippen LogP contribution in [-0.2, 0) is 4.79 Å². The zero-order valence-electron chi connectivity index (χ0n) is 10.4. The Morgan fingerprint density at radius 2 is 1.71 bits per heavy atom. The number of likely N-dealkylation sites (N-methyl/N-ethyl adjacent to an activating group) is 1. The zero-order valence-corrected chi connectivity index (χ0v) is 11.3. The average molecular weight is 224 g/mol. The first-order chi connectivity index (χ1) is 6.66. The number of nitrogens with one attached hydrogen (secondary N) is 1. The molecule has 0 spiro atoms. The predicted octanol–water partition coefficient (Wildman–Crippen LogP) is 1.89. The van der Waals surface area contributed by atoms with Crippen LogP contribution < -0.4 is 5.32 Å². The summed E-state index contributed by atoms with van der Waals surface area (Å²) in [5.41, 5.74) is 0. The van der Waals surface area contributed by atoms with Crippen LogP contribution >= 0.6 is 12.6 Å². The van der Waals surface area contributed by atoms with Crippen molar-refractivity contribution in [3.63, 3.8) is 0 Å². The summed E-state index contributed by atoms with van der Waals surface area (Å²) in [5, 5.41) is 2.71. The maximum atomic E-state index is 10.6. The molecule has 0 saturated heterocycles. The fraction of sp³-hybridized carbons (Fsp3) is 0.900. The van der Waals surface area contributed by atoms with Gasteiger partial charge < -0.3 is 10.2 Å². The molecule has 1 N–H and O–H groups in total. The van der Waals surface area contributed by atoms with E-state index in [9.17, 15) is 4.79 Å². The van der Waals surface area contributed by atoms with Crippen molar-refractivity contribution < 1.29 is 6.22 Å². The number of rotatable bonds is 4. The van der Waals surface area contributed by atoms with Crippen LogP contribution in [0.2, 0.25) is 0 Å². The van der Waals surface area contributed by atoms with Crippen molar-refractivity contribution in [3.8, 4) is 0 Å². The third-order valence-electron chi connectivity index (χ3n) is 1.02. The van der Waals surface area contributed by atoms with Crippen molar-refractivity contribution in [2.24, 2.45) is 0 Å². The van der Waals surface area contributed by atoms with E-state index < -0.39 is 0 Å². The third-order valence-corrected chi connectivity index (χ3v) is 1.31. The molecule has 0 atom stereocenters. The maximum absolute atomic E-state index is 10.6. The van der Waals surface area contributed by atoms with E-state index >= 15 is 0 Å². The van der Waals surface area contributed by atoms with Gasteiger partial charge in [-0.25, -0.2) is 0 Å². The quantitative estimate of drug-likeness (QED) is 0.715. The van der Waals surface area contributed by atoms with Crippen LogP contribution in [0.15, 0.2) is 0 Å². The van der Waals surface area contributed by atoms with Gasteiger partial charge in [0.2, 0.25) is 5.91 Å². The minimum Gasteiger partial charge on any atom is -0.354 e. The van der Waals surface area contributed by atoms with E-state index in [1.165, 1.54) is 0 Å². The van der Waals surface area contributed by atoms with Crippen LogP contribution in [0.3, 0.4) is 0 Å². The minimum atomic E-state index is -0.00909. The van der Waals surface area contributed by atoms with Crippen LogP contribution in [0.1, 0.15) is 29.1 Å². The molecule has 0 aromatic rings. The first kappa shape index (κ1) is 19.4. The van der Waals surface area contributed by atoms with E-state index in [0.29, 0.717) is 6.54 Å². The highest BCUT2D eigenvalue weighted by molar-refractivity contribution is 7.81. The molecule has 14 heavy (non-hydrogen) atoms. The van der Waals surface area contributed by atoms with Gasteiger partial charge in [0.25, 0.3) is 0 Å². The van der Waals surface area contributed by atoms with E-state index in [-0.39, 0.29) is 13.1 Å². The predicted molar refractivity (Wildman–Crippen MR) is 70.2 cm³/mol. The zero-order chi connectivity index (χ0) is 12.0. The fourth-order valence-electron chi connectivity index (χ4n) is 0.475. The first-order valence-electron chi connectivity index (χ1n) is 5.19. The number of nitrogens with zero attached hydrogens (tertiary/aromatic N) is 1. The lowest BCUT2D eigenvalue weighted by Crippen LogP contribution is -2.31. The molecule has 0 saturated carbocycles. The molecule has 0 aromatic heterocycles. The molecule has 0 heterocycles. The molecule has 1 amide bonds. The lowest BCUT2D eigenvalue weighted by atomic mass is 10.5. The number of hydrogen-bond donors (Lipinski definition) is 2. The van der Waals surface area contributed by atoms with E-state index in [1.54, 1.807) is 0 Å². The summed E-state index contributed by atoms with van der Waals surface area (Å²) in [4.78, 5) is 12.6. The molecule has 0 aliphatic rings. The van der Waals surface area contributed by atoms with Crippen LogP contribution in [0.5, 0.6) is 0 Å². The molecule has 3 nitrogen and oxygen atoms in total. The standard InChI is InChI=1S/C6H14N2OS.2C2H6.H2/c1-8(2)4-3-7-6(9)5-10;2*1-2;/h10H,3-5H2,1-2H3,(H,7,9);2*1-2H3;1H. The van der Waals surface area contributed by atoms with Crippen molar-refractivity contribution in [1.29, 1.82) is 0 Å². The molecule has 0 rings (SSSR count). The van der Waals surface area contributed by atoms with Gasteiger partial charge in [-0.05, 0) is 14.1 Å². The Balaban J connectivity index is -0.000000107. The number of amides is 1. The Kier molecular flexibility index (Phi) is 25.7. The van der Waals surface area contributed by atoms with Crippen molar-refractivity contribution in [2.75, 3.05) is 32.9 Å². The molecular weight excluding hydrogens is 196 g/mol. The van der Waals surface area contributed by atoms with E-state index in [0.717, 1.165) is 6.54 Å². The molecule has 0 aliphatic carbocycles. The number of hydrogen-bond acceptors (Lipinski definition) is 3. The molecule has 0 radical (unpaired) electrons. The molecule has 0 aromatic carbocycles. The van der Waals surface area contributed by atoms with Crippen LogP contribution in [0.25, 0.3) is 0 Å². The summed E-state index contributed by atoms with van der Waals surface area (Å²) in [6.45, 7) is 9.58. The minimum absolute atomic E-state index is 0. The van der Waals surface area contributed by atoms with Gasteiger partial charge >= 0.3 is 0 Å². The van der Waals surface area contributed by atoms with Gasteiger partial charge in [0, 0.05) is 14.5 Å². The summed E-state index contributed by atoms with van der Waals surface area (Å²) < 4.78 is 0. The van der Waals surface area contributed by atoms with E-state index in [1.807, 2.05) is 46.7 Å². The van der Waals surface area contributed by atoms with Gasteiger partial charge in [-0.3, -0.25) is 4.79 Å². The van der Waals surface area contributed by atoms with Gasteiger partial charge in [0.1, 0.15) is 0 Å². The summed E-state index contributed by atoms with van der Waals surface area (Å²) in [7, 11) is 3.93. The highest BCUT2D eigenvalue weighted by Gasteiger charge is 1.95. The highest BCUT2D eigenvalue weighted by atomic mass is 32.1. The average Bonchev–Trinajstić information content (AvgIpc) is 2.23. The van der Waals surface area contributed by atoms with Crippen LogP contribution in [0.4, 0.5) is 0 Å². The summed E-state index contributed by atoms with van der Waals surface area (Å²) in [6.07, 6.45) is 0. The topological polar surface area (TPSA) is 32.3 Å². The SMILES string of the molecule is CC.CC.CN(C)CCNC(=O)CS.[HH]. The Labute approximate surface area is 96.1 Å². The second-order valence-corrected chi connectivity index (χ2v) is 2.63. The van der Waals surface area contributed by atoms with Crippen LogP contribution in [0, 0.1) is 0 Å². The lowest BCUT2D eigenvalue weighted by molar-refractivity contribution is -0.118. The Morgan fingerprint density at radius 3 is 2.00 bits per heavy atom. The van der Waals surface area contributed by atoms with Crippen LogP contribution in [-0.4, -0.2) is 43.7 Å². The van der Waals surface area contributed by atoms with Crippen molar-refractivity contribution >= 4 is 18.5 Å². The Hall–Kier alpha value is -0.220. The molecule has 0 aliphatic heterocycles. The van der Waals surface area contributed by atoms with Gasteiger partial charge in [-0.1, -0.05) is 27.7 Å². The van der Waals surface area contributed by atoms with Gasteiger partial charge in [-0.2, -0.15) is 12.6 Å². The summed E-state index contributed by atoms with van der Waals surface area (Å²) >= 11 is 3.81. The first-order valence-corrected chi connectivity index (χ1v) is 5.82. The molecule has 0 fully saturated rings. The van der Waals surface area contributed by atoms with Gasteiger partial charge in [-0.15, -0.1) is 0 Å². The molecular formula is C10H28N2OS. The number of carbonyl (C=O) groups excluding carboxylic acids is 1. The van der Waals surface area contributed by atoms with Crippen molar-refractivity contribution in [2.45, 2.75) is 27.7 Å². The second-order valence-electron chi connectivity index (χ2n) is 2.31. The Morgan fingerprint density at radius 1 is 1.29 bits per heavy atom. The normalized spacial score (nSPS) is 8.00. The van der Waals surface area contributed by atoms with Gasteiger partial charge in [0.15, 0.2) is 0 Å². The summed E-state index contributed by atoms with van der Waals surface area (Å²) in [6, 6.07) is 0. The fourth-order valence-corrected chi connectivity index (χ4v) is 0.587. The Bertz CT molecular complexity index is 114. The summed E-state index contributed by atoms with van der Waals surface area (Å²) in [5.74, 6) is 0.262.